The highest BCUT2D eigenvalue weighted by molar-refractivity contribution is 5.73. The van der Waals surface area contributed by atoms with Gasteiger partial charge in [-0.1, -0.05) is 0 Å². The van der Waals surface area contributed by atoms with Gasteiger partial charge in [0.1, 0.15) is 6.10 Å². The number of hydrogen-bond donors (Lipinski definition) is 1. The topological polar surface area (TPSA) is 59.0 Å². The molecule has 98 valence electrons. The SMILES string of the molecule is CC(=O)N1C[C@@H](CCO)[C@@H]2OC(C)(C)O[C@@H]2C1. The van der Waals surface area contributed by atoms with Crippen molar-refractivity contribution >= 4 is 5.91 Å². The molecule has 0 unspecified atom stereocenters. The third-order valence-electron chi connectivity index (χ3n) is 3.49. The summed E-state index contributed by atoms with van der Waals surface area (Å²) in [5.74, 6) is -0.375. The van der Waals surface area contributed by atoms with Gasteiger partial charge in [0.2, 0.25) is 5.91 Å². The number of piperidine rings is 1. The molecule has 2 heterocycles. The lowest BCUT2D eigenvalue weighted by atomic mass is 9.90. The Morgan fingerprint density at radius 3 is 2.71 bits per heavy atom. The number of likely N-dealkylation sites (tertiary alicyclic amines) is 1. The van der Waals surface area contributed by atoms with Crippen molar-refractivity contribution in [2.45, 2.75) is 45.2 Å². The van der Waals surface area contributed by atoms with Crippen LogP contribution in [0.4, 0.5) is 0 Å². The Kier molecular flexibility index (Phi) is 3.43. The molecule has 5 nitrogen and oxygen atoms in total. The first-order chi connectivity index (χ1) is 7.93. The van der Waals surface area contributed by atoms with E-state index in [1.165, 1.54) is 0 Å². The zero-order valence-corrected chi connectivity index (χ0v) is 10.7. The lowest BCUT2D eigenvalue weighted by Crippen LogP contribution is -2.52. The summed E-state index contributed by atoms with van der Waals surface area (Å²) >= 11 is 0. The van der Waals surface area contributed by atoms with Crippen molar-refractivity contribution in [1.29, 1.82) is 0 Å². The van der Waals surface area contributed by atoms with Crippen LogP contribution in [-0.2, 0) is 14.3 Å². The summed E-state index contributed by atoms with van der Waals surface area (Å²) < 4.78 is 11.7. The molecule has 0 aliphatic carbocycles. The first-order valence-corrected chi connectivity index (χ1v) is 6.15. The van der Waals surface area contributed by atoms with Gasteiger partial charge in [-0.05, 0) is 20.3 Å². The van der Waals surface area contributed by atoms with Crippen LogP contribution in [0.15, 0.2) is 0 Å². The predicted octanol–water partition coefficient (Wildman–Crippen LogP) is 0.367. The third kappa shape index (κ3) is 2.61. The molecule has 2 rings (SSSR count). The number of amides is 1. The van der Waals surface area contributed by atoms with Gasteiger partial charge in [0, 0.05) is 32.5 Å². The average Bonchev–Trinajstić information content (AvgIpc) is 2.52. The number of aliphatic hydroxyl groups is 1. The maximum atomic E-state index is 11.5. The minimum Gasteiger partial charge on any atom is -0.396 e. The average molecular weight is 243 g/mol. The Hall–Kier alpha value is -0.650. The second-order valence-electron chi connectivity index (χ2n) is 5.33. The van der Waals surface area contributed by atoms with E-state index >= 15 is 0 Å². The van der Waals surface area contributed by atoms with E-state index < -0.39 is 5.79 Å². The molecule has 5 heteroatoms. The number of hydrogen-bond acceptors (Lipinski definition) is 4. The molecule has 2 saturated heterocycles. The fourth-order valence-electron chi connectivity index (χ4n) is 2.76. The van der Waals surface area contributed by atoms with E-state index in [-0.39, 0.29) is 30.6 Å². The summed E-state index contributed by atoms with van der Waals surface area (Å²) in [6.07, 6.45) is 0.566. The zero-order chi connectivity index (χ0) is 12.6. The summed E-state index contributed by atoms with van der Waals surface area (Å²) in [6.45, 7) is 6.70. The van der Waals surface area contributed by atoms with Crippen LogP contribution in [0.3, 0.4) is 0 Å². The quantitative estimate of drug-likeness (QED) is 0.761. The van der Waals surface area contributed by atoms with E-state index in [2.05, 4.69) is 0 Å². The summed E-state index contributed by atoms with van der Waals surface area (Å²) in [7, 11) is 0. The van der Waals surface area contributed by atoms with Crippen molar-refractivity contribution in [2.75, 3.05) is 19.7 Å². The number of fused-ring (bicyclic) bond motifs is 1. The Morgan fingerprint density at radius 2 is 2.12 bits per heavy atom. The molecule has 0 aromatic heterocycles. The van der Waals surface area contributed by atoms with E-state index in [4.69, 9.17) is 14.6 Å². The van der Waals surface area contributed by atoms with Crippen molar-refractivity contribution in [1.82, 2.24) is 4.90 Å². The van der Waals surface area contributed by atoms with Gasteiger partial charge in [-0.15, -0.1) is 0 Å². The number of aliphatic hydroxyl groups excluding tert-OH is 1. The molecule has 0 aromatic carbocycles. The molecule has 0 spiro atoms. The molecular formula is C12H21NO4. The Bertz CT molecular complexity index is 305. The van der Waals surface area contributed by atoms with Gasteiger partial charge in [0.15, 0.2) is 5.79 Å². The maximum absolute atomic E-state index is 11.5. The molecule has 3 atom stereocenters. The second kappa shape index (κ2) is 4.55. The molecule has 2 aliphatic rings. The van der Waals surface area contributed by atoms with Crippen LogP contribution in [0.2, 0.25) is 0 Å². The standard InChI is InChI=1S/C12H21NO4/c1-8(15)13-6-9(4-5-14)11-10(7-13)16-12(2,3)17-11/h9-11,14H,4-7H2,1-3H3/t9-,10-,11+/m1/s1. The van der Waals surface area contributed by atoms with Crippen LogP contribution in [0.1, 0.15) is 27.2 Å². The van der Waals surface area contributed by atoms with Gasteiger partial charge in [0.25, 0.3) is 0 Å². The van der Waals surface area contributed by atoms with Crippen LogP contribution < -0.4 is 0 Å². The van der Waals surface area contributed by atoms with E-state index in [0.29, 0.717) is 19.5 Å². The monoisotopic (exact) mass is 243 g/mol. The van der Waals surface area contributed by atoms with Gasteiger partial charge in [-0.2, -0.15) is 0 Å². The van der Waals surface area contributed by atoms with Crippen LogP contribution in [0.5, 0.6) is 0 Å². The largest absolute Gasteiger partial charge is 0.396 e. The fraction of sp³-hybridized carbons (Fsp3) is 0.917. The number of ether oxygens (including phenoxy) is 2. The molecule has 0 radical (unpaired) electrons. The fourth-order valence-corrected chi connectivity index (χ4v) is 2.76. The molecule has 0 bridgehead atoms. The highest BCUT2D eigenvalue weighted by Crippen LogP contribution is 2.36. The third-order valence-corrected chi connectivity index (χ3v) is 3.49. The number of rotatable bonds is 2. The lowest BCUT2D eigenvalue weighted by molar-refractivity contribution is -0.148. The first-order valence-electron chi connectivity index (χ1n) is 6.15. The van der Waals surface area contributed by atoms with Gasteiger partial charge in [-0.3, -0.25) is 4.79 Å². The zero-order valence-electron chi connectivity index (χ0n) is 10.7. The Morgan fingerprint density at radius 1 is 1.41 bits per heavy atom. The van der Waals surface area contributed by atoms with Crippen LogP contribution >= 0.6 is 0 Å². The molecule has 0 aromatic rings. The predicted molar refractivity (Wildman–Crippen MR) is 61.3 cm³/mol. The number of carbonyl (C=O) groups is 1. The van der Waals surface area contributed by atoms with E-state index in [1.54, 1.807) is 11.8 Å². The summed E-state index contributed by atoms with van der Waals surface area (Å²) in [5, 5.41) is 9.09. The summed E-state index contributed by atoms with van der Waals surface area (Å²) in [4.78, 5) is 13.2. The smallest absolute Gasteiger partial charge is 0.219 e. The molecular weight excluding hydrogens is 222 g/mol. The number of nitrogens with zero attached hydrogens (tertiary/aromatic N) is 1. The first kappa shape index (κ1) is 12.8. The Balaban J connectivity index is 2.12. The number of carbonyl (C=O) groups excluding carboxylic acids is 1. The van der Waals surface area contributed by atoms with Crippen molar-refractivity contribution in [3.63, 3.8) is 0 Å². The van der Waals surface area contributed by atoms with E-state index in [1.807, 2.05) is 13.8 Å². The van der Waals surface area contributed by atoms with Crippen molar-refractivity contribution < 1.29 is 19.4 Å². The second-order valence-corrected chi connectivity index (χ2v) is 5.33. The van der Waals surface area contributed by atoms with Crippen LogP contribution in [0, 0.1) is 5.92 Å². The van der Waals surface area contributed by atoms with Gasteiger partial charge in [0.05, 0.1) is 6.10 Å². The highest BCUT2D eigenvalue weighted by atomic mass is 16.8. The van der Waals surface area contributed by atoms with Crippen LogP contribution in [0.25, 0.3) is 0 Å². The lowest BCUT2D eigenvalue weighted by Gasteiger charge is -2.38. The van der Waals surface area contributed by atoms with Crippen LogP contribution in [-0.4, -0.2) is 53.6 Å². The van der Waals surface area contributed by atoms with Gasteiger partial charge < -0.3 is 19.5 Å². The van der Waals surface area contributed by atoms with E-state index in [0.717, 1.165) is 0 Å². The van der Waals surface area contributed by atoms with Crippen molar-refractivity contribution in [3.05, 3.63) is 0 Å². The normalized spacial score (nSPS) is 35.8. The van der Waals surface area contributed by atoms with E-state index in [9.17, 15) is 4.79 Å². The Labute approximate surface area is 102 Å². The van der Waals surface area contributed by atoms with Crippen molar-refractivity contribution in [2.24, 2.45) is 5.92 Å². The van der Waals surface area contributed by atoms with Gasteiger partial charge in [-0.25, -0.2) is 0 Å². The molecule has 1 N–H and O–H groups in total. The minimum absolute atomic E-state index is 0.00671. The molecule has 17 heavy (non-hydrogen) atoms. The molecule has 1 amide bonds. The highest BCUT2D eigenvalue weighted by Gasteiger charge is 2.48. The molecule has 2 fully saturated rings. The van der Waals surface area contributed by atoms with Gasteiger partial charge >= 0.3 is 0 Å². The summed E-state index contributed by atoms with van der Waals surface area (Å²) in [5.41, 5.74) is 0. The molecule has 2 aliphatic heterocycles. The summed E-state index contributed by atoms with van der Waals surface area (Å²) in [6, 6.07) is 0. The molecule has 0 saturated carbocycles. The van der Waals surface area contributed by atoms with Crippen molar-refractivity contribution in [3.8, 4) is 0 Å². The maximum Gasteiger partial charge on any atom is 0.219 e. The minimum atomic E-state index is -0.587.